The summed E-state index contributed by atoms with van der Waals surface area (Å²) >= 11 is 9.65. The maximum atomic E-state index is 12.5. The average Bonchev–Trinajstić information content (AvgIpc) is 2.40. The first-order valence-corrected chi connectivity index (χ1v) is 10.4. The summed E-state index contributed by atoms with van der Waals surface area (Å²) in [5, 5.41) is -0.259. The minimum absolute atomic E-state index is 0.279. The quantitative estimate of drug-likeness (QED) is 0.657. The van der Waals surface area contributed by atoms with Crippen molar-refractivity contribution in [3.63, 3.8) is 0 Å². The molecule has 1 fully saturated rings. The number of halogens is 2. The Bertz CT molecular complexity index is 636. The van der Waals surface area contributed by atoms with Crippen LogP contribution in [0.5, 0.6) is 0 Å². The van der Waals surface area contributed by atoms with E-state index >= 15 is 0 Å². The molecule has 8 heteroatoms. The number of hydrogen-bond donors (Lipinski definition) is 0. The van der Waals surface area contributed by atoms with Crippen molar-refractivity contribution in [3.05, 3.63) is 32.4 Å². The van der Waals surface area contributed by atoms with Crippen molar-refractivity contribution < 1.29 is 13.2 Å². The number of benzene rings is 1. The van der Waals surface area contributed by atoms with Gasteiger partial charge in [-0.3, -0.25) is 4.79 Å². The predicted molar refractivity (Wildman–Crippen MR) is 91.2 cm³/mol. The van der Waals surface area contributed by atoms with E-state index < -0.39 is 15.2 Å². The van der Waals surface area contributed by atoms with Crippen LogP contribution in [0.15, 0.2) is 18.2 Å². The van der Waals surface area contributed by atoms with Gasteiger partial charge in [0.2, 0.25) is 0 Å². The van der Waals surface area contributed by atoms with Gasteiger partial charge in [-0.05, 0) is 40.8 Å². The lowest BCUT2D eigenvalue weighted by Crippen LogP contribution is -2.49. The van der Waals surface area contributed by atoms with Gasteiger partial charge in [-0.25, -0.2) is 8.42 Å². The molecule has 1 saturated heterocycles. The van der Waals surface area contributed by atoms with Crippen LogP contribution in [-0.2, 0) is 9.84 Å². The molecule has 0 N–H and O–H groups in total. The molecule has 0 spiro atoms. The zero-order valence-corrected chi connectivity index (χ0v) is 15.2. The highest BCUT2D eigenvalue weighted by Gasteiger charge is 2.34. The van der Waals surface area contributed by atoms with Crippen molar-refractivity contribution in [3.8, 4) is 0 Å². The minimum atomic E-state index is -3.30. The van der Waals surface area contributed by atoms with Crippen LogP contribution in [0.25, 0.3) is 0 Å². The molecule has 1 aromatic rings. The largest absolute Gasteiger partial charge is 0.320 e. The Morgan fingerprint density at radius 3 is 2.80 bits per heavy atom. The highest BCUT2D eigenvalue weighted by atomic mass is 127. The maximum absolute atomic E-state index is 12.5. The average molecular weight is 446 g/mol. The van der Waals surface area contributed by atoms with Crippen LogP contribution in [0.4, 0.5) is 0 Å². The molecule has 1 aromatic carbocycles. The van der Waals surface area contributed by atoms with Crippen LogP contribution in [-0.4, -0.2) is 48.9 Å². The SMILES string of the molecule is CS(=O)(=O)C1CSCCN1C(=O)c1ccc(I)c(Cl)c1. The molecule has 1 amide bonds. The van der Waals surface area contributed by atoms with E-state index in [-0.39, 0.29) is 5.91 Å². The van der Waals surface area contributed by atoms with Gasteiger partial charge in [0.25, 0.3) is 5.91 Å². The standard InChI is InChI=1S/C12H13ClINO3S2/c1-20(17,18)11-7-19-5-4-15(11)12(16)8-2-3-10(14)9(13)6-8/h2-3,6,11H,4-5,7H2,1H3. The van der Waals surface area contributed by atoms with Crippen molar-refractivity contribution in [2.45, 2.75) is 5.37 Å². The van der Waals surface area contributed by atoms with E-state index in [1.54, 1.807) is 30.0 Å². The summed E-state index contributed by atoms with van der Waals surface area (Å²) in [6.07, 6.45) is 1.17. The highest BCUT2D eigenvalue weighted by Crippen LogP contribution is 2.25. The molecule has 1 atom stereocenters. The van der Waals surface area contributed by atoms with Crippen LogP contribution in [0, 0.1) is 3.57 Å². The number of amides is 1. The normalized spacial score (nSPS) is 19.9. The molecule has 0 radical (unpaired) electrons. The van der Waals surface area contributed by atoms with Crippen LogP contribution < -0.4 is 0 Å². The lowest BCUT2D eigenvalue weighted by Gasteiger charge is -2.34. The van der Waals surface area contributed by atoms with Gasteiger partial charge < -0.3 is 4.90 Å². The van der Waals surface area contributed by atoms with E-state index in [4.69, 9.17) is 11.6 Å². The first-order chi connectivity index (χ1) is 9.30. The number of carbonyl (C=O) groups is 1. The fourth-order valence-electron chi connectivity index (χ4n) is 1.96. The molecule has 1 aliphatic heterocycles. The van der Waals surface area contributed by atoms with E-state index in [1.807, 2.05) is 0 Å². The monoisotopic (exact) mass is 445 g/mol. The van der Waals surface area contributed by atoms with E-state index in [0.717, 1.165) is 9.32 Å². The third kappa shape index (κ3) is 3.61. The molecule has 0 aliphatic carbocycles. The third-order valence-corrected chi connectivity index (χ3v) is 7.22. The van der Waals surface area contributed by atoms with Crippen molar-refractivity contribution >= 4 is 61.7 Å². The molecule has 4 nitrogen and oxygen atoms in total. The maximum Gasteiger partial charge on any atom is 0.255 e. The molecule has 2 rings (SSSR count). The number of nitrogens with zero attached hydrogens (tertiary/aromatic N) is 1. The van der Waals surface area contributed by atoms with Crippen LogP contribution in [0.2, 0.25) is 5.02 Å². The molecule has 1 aliphatic rings. The topological polar surface area (TPSA) is 54.5 Å². The number of sulfone groups is 1. The lowest BCUT2D eigenvalue weighted by atomic mass is 10.2. The molecule has 0 aromatic heterocycles. The van der Waals surface area contributed by atoms with Gasteiger partial charge in [0.1, 0.15) is 5.37 Å². The number of thioether (sulfide) groups is 1. The van der Waals surface area contributed by atoms with E-state index in [1.165, 1.54) is 11.2 Å². The molecule has 0 bridgehead atoms. The summed E-state index contributed by atoms with van der Waals surface area (Å²) in [5.74, 6) is 0.887. The van der Waals surface area contributed by atoms with Crippen LogP contribution in [0.1, 0.15) is 10.4 Å². The van der Waals surface area contributed by atoms with Crippen LogP contribution in [0.3, 0.4) is 0 Å². The minimum Gasteiger partial charge on any atom is -0.320 e. The molecular formula is C12H13ClINO3S2. The third-order valence-electron chi connectivity index (χ3n) is 3.01. The summed E-state index contributed by atoms with van der Waals surface area (Å²) in [7, 11) is -3.30. The van der Waals surface area contributed by atoms with Gasteiger partial charge >= 0.3 is 0 Å². The molecule has 20 heavy (non-hydrogen) atoms. The van der Waals surface area contributed by atoms with Crippen molar-refractivity contribution in [1.82, 2.24) is 4.90 Å². The van der Waals surface area contributed by atoms with E-state index in [9.17, 15) is 13.2 Å². The summed E-state index contributed by atoms with van der Waals surface area (Å²) < 4.78 is 24.5. The molecule has 1 unspecified atom stereocenters. The first-order valence-electron chi connectivity index (χ1n) is 5.83. The van der Waals surface area contributed by atoms with E-state index in [0.29, 0.717) is 22.9 Å². The second-order valence-corrected chi connectivity index (χ2v) is 9.41. The first kappa shape index (κ1) is 16.4. The van der Waals surface area contributed by atoms with Gasteiger partial charge in [0.15, 0.2) is 9.84 Å². The predicted octanol–water partition coefficient (Wildman–Crippen LogP) is 2.50. The second kappa shape index (κ2) is 6.41. The zero-order valence-electron chi connectivity index (χ0n) is 10.7. The summed E-state index contributed by atoms with van der Waals surface area (Å²) in [4.78, 5) is 13.9. The summed E-state index contributed by atoms with van der Waals surface area (Å²) in [6, 6.07) is 5.02. The Morgan fingerprint density at radius 2 is 2.20 bits per heavy atom. The summed E-state index contributed by atoms with van der Waals surface area (Å²) in [5.41, 5.74) is 0.427. The van der Waals surface area contributed by atoms with Crippen LogP contribution >= 0.6 is 46.0 Å². The highest BCUT2D eigenvalue weighted by molar-refractivity contribution is 14.1. The van der Waals surface area contributed by atoms with Gasteiger partial charge in [-0.15, -0.1) is 0 Å². The van der Waals surface area contributed by atoms with E-state index in [2.05, 4.69) is 22.6 Å². The van der Waals surface area contributed by atoms with Crippen molar-refractivity contribution in [2.24, 2.45) is 0 Å². The Balaban J connectivity index is 2.32. The van der Waals surface area contributed by atoms with Gasteiger partial charge in [0, 0.05) is 33.4 Å². The van der Waals surface area contributed by atoms with Gasteiger partial charge in [-0.2, -0.15) is 11.8 Å². The van der Waals surface area contributed by atoms with Gasteiger partial charge in [-0.1, -0.05) is 11.6 Å². The Morgan fingerprint density at radius 1 is 1.50 bits per heavy atom. The lowest BCUT2D eigenvalue weighted by molar-refractivity contribution is 0.0749. The fraction of sp³-hybridized carbons (Fsp3) is 0.417. The molecular weight excluding hydrogens is 433 g/mol. The van der Waals surface area contributed by atoms with Crippen molar-refractivity contribution in [2.75, 3.05) is 24.3 Å². The molecule has 110 valence electrons. The van der Waals surface area contributed by atoms with Gasteiger partial charge in [0.05, 0.1) is 5.02 Å². The Labute approximate surface area is 141 Å². The second-order valence-electron chi connectivity index (χ2n) is 4.49. The fourth-order valence-corrected chi connectivity index (χ4v) is 5.29. The molecule has 0 saturated carbocycles. The van der Waals surface area contributed by atoms with Crippen molar-refractivity contribution in [1.29, 1.82) is 0 Å². The number of rotatable bonds is 2. The smallest absolute Gasteiger partial charge is 0.255 e. The Kier molecular flexibility index (Phi) is 5.25. The summed E-state index contributed by atoms with van der Waals surface area (Å²) in [6.45, 7) is 0.435. The number of hydrogen-bond acceptors (Lipinski definition) is 4. The number of carbonyl (C=O) groups excluding carboxylic acids is 1. The zero-order chi connectivity index (χ0) is 14.9. The molecule has 1 heterocycles. The Hall–Kier alpha value is 0.01000.